The number of phenolic OH excluding ortho intramolecular Hbond substituents is 1. The van der Waals surface area contributed by atoms with E-state index in [1.807, 2.05) is 225 Å². The summed E-state index contributed by atoms with van der Waals surface area (Å²) in [5.74, 6) is 2.61. The molecule has 0 atom stereocenters. The van der Waals surface area contributed by atoms with Crippen molar-refractivity contribution in [3.63, 3.8) is 0 Å². The van der Waals surface area contributed by atoms with E-state index < -0.39 is 22.8 Å². The molecule has 11 aromatic carbocycles. The number of phenols is 1. The molecule has 22 nitrogen and oxygen atoms in total. The molecule has 0 aliphatic carbocycles. The Morgan fingerprint density at radius 2 is 0.732 bits per heavy atom. The Morgan fingerprint density at radius 1 is 0.401 bits per heavy atom. The number of rotatable bonds is 18. The van der Waals surface area contributed by atoms with Gasteiger partial charge in [-0.15, -0.1) is 0 Å². The zero-order chi connectivity index (χ0) is 98.4. The van der Waals surface area contributed by atoms with Crippen LogP contribution in [0, 0.1) is 30.3 Å². The average molecular weight is 2270 g/mol. The van der Waals surface area contributed by atoms with Crippen molar-refractivity contribution in [1.82, 2.24) is 44.5 Å². The van der Waals surface area contributed by atoms with Gasteiger partial charge in [0.15, 0.2) is 6.29 Å². The van der Waals surface area contributed by atoms with Crippen LogP contribution < -0.4 is 23.7 Å². The topological polar surface area (TPSA) is 236 Å². The fourth-order valence-corrected chi connectivity index (χ4v) is 16.6. The Bertz CT molecular complexity index is 6060. The van der Waals surface area contributed by atoms with Crippen LogP contribution in [0.1, 0.15) is 201 Å². The molecule has 3 aromatic heterocycles. The largest absolute Gasteiger partial charge is 0.507 e. The molecule has 762 valence electrons. The van der Waals surface area contributed by atoms with E-state index in [1.165, 1.54) is 36.4 Å². The smallest absolute Gasteiger partial charge is 0.410 e. The monoisotopic (exact) mass is 2270 g/mol. The first-order valence-corrected chi connectivity index (χ1v) is 49.0. The van der Waals surface area contributed by atoms with Crippen molar-refractivity contribution in [2.45, 2.75) is 214 Å². The van der Waals surface area contributed by atoms with Crippen LogP contribution in [0.15, 0.2) is 278 Å². The highest BCUT2D eigenvalue weighted by molar-refractivity contribution is 9.11. The first-order chi connectivity index (χ1) is 65.5. The lowest BCUT2D eigenvalue weighted by molar-refractivity contribution is 0.0176. The molecule has 3 saturated heterocycles. The summed E-state index contributed by atoms with van der Waals surface area (Å²) >= 11 is 16.7. The number of aromatic nitrogens is 6. The number of benzene rings is 11. The van der Waals surface area contributed by atoms with Gasteiger partial charge in [0.2, 0.25) is 0 Å². The fourth-order valence-electron chi connectivity index (χ4n) is 14.6. The molecular weight excluding hydrogens is 2140 g/mol. The van der Waals surface area contributed by atoms with Crippen molar-refractivity contribution < 1.29 is 75.4 Å². The summed E-state index contributed by atoms with van der Waals surface area (Å²) in [5.41, 5.74) is 8.20. The van der Waals surface area contributed by atoms with Crippen LogP contribution in [-0.2, 0) is 47.2 Å². The SMILES string of the molecule is Brc1ccc2[nH]ncc2c1OCc1ccccc1.C.C.C.C.C.CC(C)(C)OC(=O)N1CCC(n2ncc3c(OCc4ccccc4)c(Br)ccc32)CC1.CC1CCN(C(=O)OC(C)(C)C)CC1.Cc1ccc2c(cnn2C2CCN(C(=O)OC(C)(C)C)CC2)c1OCc1ccccc1.Fc1ccc(Br)c(OCc2ccccc2)c1.O=Cc1c(F)ccc(Br)c1OCc1ccccc1.Oc1cc(F)ccc1Br. The number of likely N-dealkylation sites (tertiary alicyclic amines) is 3. The number of amides is 3. The van der Waals surface area contributed by atoms with E-state index in [2.05, 4.69) is 161 Å². The molecule has 6 heterocycles. The van der Waals surface area contributed by atoms with Crippen LogP contribution in [0.5, 0.6) is 34.5 Å². The number of nitrogens with one attached hydrogen (secondary N) is 1. The molecule has 0 bridgehead atoms. The van der Waals surface area contributed by atoms with Gasteiger partial charge < -0.3 is 57.7 Å². The second-order valence-electron chi connectivity index (χ2n) is 35.8. The zero-order valence-corrected chi connectivity index (χ0v) is 86.5. The lowest BCUT2D eigenvalue weighted by Crippen LogP contribution is -2.42. The summed E-state index contributed by atoms with van der Waals surface area (Å²) in [6.45, 7) is 28.0. The van der Waals surface area contributed by atoms with E-state index in [4.69, 9.17) is 48.1 Å². The Kier molecular flexibility index (Phi) is 48.2. The minimum Gasteiger partial charge on any atom is -0.507 e. The van der Waals surface area contributed by atoms with Gasteiger partial charge in [0.05, 0.1) is 91.3 Å². The molecule has 14 aromatic rings. The van der Waals surface area contributed by atoms with Gasteiger partial charge in [0.1, 0.15) is 102 Å². The minimum atomic E-state index is -0.587. The number of aromatic hydroxyl groups is 1. The van der Waals surface area contributed by atoms with Crippen molar-refractivity contribution in [3.05, 3.63) is 334 Å². The third-order valence-corrected chi connectivity index (χ3v) is 24.9. The summed E-state index contributed by atoms with van der Waals surface area (Å²) in [4.78, 5) is 52.6. The van der Waals surface area contributed by atoms with Crippen molar-refractivity contribution in [2.75, 3.05) is 39.3 Å². The quantitative estimate of drug-likeness (QED) is 0.0600. The summed E-state index contributed by atoms with van der Waals surface area (Å²) in [6.07, 6.45) is 11.0. The summed E-state index contributed by atoms with van der Waals surface area (Å²) in [6, 6.07) is 73.2. The third-order valence-electron chi connectivity index (χ3n) is 21.7. The standard InChI is InChI=1S/C25H31N3O3.C24H28BrN3O3.C14H10BrFO2.C14H11BrN2O.C13H10BrFO.C11H21NO2.C6H4BrFO.5CH4/c1-18-10-11-22-21(23(18)30-17-19-8-6-5-7-9-19)16-26-28(22)20-12-14-27(15-13-20)24(29)31-25(2,3)4;1-24(2,3)31-23(29)27-13-11-18(12-14-27)28-21-10-9-20(25)22(19(21)15-26-28)30-16-17-7-5-4-6-8-17;15-12-6-7-13(16)11(8-17)14(12)18-9-10-4-2-1-3-5-10;15-12-6-7-13-11(8-16-17-13)14(12)18-9-10-4-2-1-3-5-10;14-12-7-6-11(15)8-13(12)16-9-10-4-2-1-3-5-10;1-9-5-7-12(8-6-9)10(13)14-11(2,3)4;7-5-2-1-4(8)3-6(5)9;;;;;/h5-11,16,20H,12-15,17H2,1-4H3;4-10,15,18H,11-14,16H2,1-3H3;1-8H,9H2;1-8H,9H2,(H,16,17);1-8H,9H2;9H,5-8H2,1-4H3;1-3,9H;5*1H4. The molecule has 0 saturated carbocycles. The Balaban J connectivity index is 0.000000260. The third kappa shape index (κ3) is 36.6. The highest BCUT2D eigenvalue weighted by Crippen LogP contribution is 2.40. The number of piperidine rings is 3. The summed E-state index contributed by atoms with van der Waals surface area (Å²) in [7, 11) is 0. The molecule has 0 spiro atoms. The normalized spacial score (nSPS) is 13.0. The van der Waals surface area contributed by atoms with Gasteiger partial charge in [-0.1, -0.05) is 202 Å². The molecule has 0 radical (unpaired) electrons. The van der Waals surface area contributed by atoms with Gasteiger partial charge in [0, 0.05) is 51.4 Å². The van der Waals surface area contributed by atoms with E-state index in [1.54, 1.807) is 22.1 Å². The number of hydrogen-bond acceptors (Lipinski definition) is 16. The first-order valence-electron chi connectivity index (χ1n) is 45.1. The second-order valence-corrected chi connectivity index (χ2v) is 40.1. The molecule has 142 heavy (non-hydrogen) atoms. The van der Waals surface area contributed by atoms with Gasteiger partial charge in [-0.25, -0.2) is 27.6 Å². The van der Waals surface area contributed by atoms with Crippen LogP contribution in [0.4, 0.5) is 27.6 Å². The Labute approximate surface area is 877 Å². The summed E-state index contributed by atoms with van der Waals surface area (Å²) in [5, 5.41) is 28.2. The van der Waals surface area contributed by atoms with E-state index >= 15 is 0 Å². The van der Waals surface area contributed by atoms with E-state index in [9.17, 15) is 32.3 Å². The van der Waals surface area contributed by atoms with Gasteiger partial charge in [-0.05, 0) is 293 Å². The van der Waals surface area contributed by atoms with E-state index in [0.29, 0.717) is 73.6 Å². The highest BCUT2D eigenvalue weighted by atomic mass is 79.9. The number of aldehydes is 1. The average Bonchev–Trinajstić information content (AvgIpc) is 1.63. The highest BCUT2D eigenvalue weighted by Gasteiger charge is 2.32. The van der Waals surface area contributed by atoms with Crippen LogP contribution in [-0.4, -0.2) is 130 Å². The van der Waals surface area contributed by atoms with Gasteiger partial charge in [-0.3, -0.25) is 19.3 Å². The second kappa shape index (κ2) is 57.6. The molecule has 30 heteroatoms. The fraction of sp³-hybridized carbons (Fsp3) is 0.348. The number of aryl methyl sites for hydroxylation is 1. The number of carbonyl (C=O) groups excluding carboxylic acids is 4. The Hall–Kier alpha value is -11.7. The van der Waals surface area contributed by atoms with Gasteiger partial charge in [0.25, 0.3) is 0 Å². The van der Waals surface area contributed by atoms with Crippen molar-refractivity contribution in [3.8, 4) is 34.5 Å². The number of halogens is 8. The van der Waals surface area contributed by atoms with Crippen LogP contribution in [0.25, 0.3) is 32.7 Å². The molecule has 17 rings (SSSR count). The molecule has 2 N–H and O–H groups in total. The number of ether oxygens (including phenoxy) is 8. The number of nitrogens with zero attached hydrogens (tertiary/aromatic N) is 8. The van der Waals surface area contributed by atoms with Gasteiger partial charge >= 0.3 is 18.3 Å². The van der Waals surface area contributed by atoms with Crippen molar-refractivity contribution in [2.24, 2.45) is 5.92 Å². The minimum absolute atomic E-state index is 0. The van der Waals surface area contributed by atoms with Crippen LogP contribution in [0.2, 0.25) is 0 Å². The predicted octanol–water partition coefficient (Wildman–Crippen LogP) is 31.6. The van der Waals surface area contributed by atoms with Crippen LogP contribution >= 0.6 is 79.6 Å². The molecule has 3 amide bonds. The number of fused-ring (bicyclic) bond motifs is 3. The first kappa shape index (κ1) is 119. The Morgan fingerprint density at radius 3 is 1.13 bits per heavy atom. The van der Waals surface area contributed by atoms with Gasteiger partial charge in [-0.2, -0.15) is 15.3 Å². The van der Waals surface area contributed by atoms with E-state index in [0.717, 1.165) is 160 Å². The van der Waals surface area contributed by atoms with Crippen LogP contribution in [0.3, 0.4) is 0 Å². The zero-order valence-electron chi connectivity index (χ0n) is 78.5. The van der Waals surface area contributed by atoms with Crippen molar-refractivity contribution in [1.29, 1.82) is 0 Å². The molecule has 3 aliphatic heterocycles. The molecule has 0 unspecified atom stereocenters. The lowest BCUT2D eigenvalue weighted by atomic mass is 10.00. The number of carbonyl (C=O) groups is 4. The maximum atomic E-state index is 13.4. The maximum Gasteiger partial charge on any atom is 0.410 e. The predicted molar refractivity (Wildman–Crippen MR) is 581 cm³/mol. The number of hydrogen-bond donors (Lipinski definition) is 2. The lowest BCUT2D eigenvalue weighted by Gasteiger charge is -2.33. The maximum absolute atomic E-state index is 13.4. The molecule has 3 aliphatic rings. The number of aromatic amines is 1. The number of H-pyrrole nitrogens is 1. The van der Waals surface area contributed by atoms with E-state index in [-0.39, 0.29) is 103 Å². The van der Waals surface area contributed by atoms with Crippen molar-refractivity contribution >= 4 is 137 Å². The summed E-state index contributed by atoms with van der Waals surface area (Å²) < 4.78 is 92.0. The molecule has 3 fully saturated rings. The molecular formula is C112H135Br5F3N9O13.